The van der Waals surface area contributed by atoms with Crippen LogP contribution in [0.5, 0.6) is 5.75 Å². The van der Waals surface area contributed by atoms with E-state index in [-0.39, 0.29) is 11.0 Å². The first-order chi connectivity index (χ1) is 12.6. The fourth-order valence-electron chi connectivity index (χ4n) is 2.72. The van der Waals surface area contributed by atoms with Crippen molar-refractivity contribution in [1.29, 1.82) is 0 Å². The smallest absolute Gasteiger partial charge is 0.225 e. The number of hydrogen-bond acceptors (Lipinski definition) is 5. The Kier molecular flexibility index (Phi) is 4.44. The van der Waals surface area contributed by atoms with Crippen LogP contribution in [0.3, 0.4) is 0 Å². The monoisotopic (exact) mass is 385 g/mol. The molecule has 0 saturated heterocycles. The topological polar surface area (TPSA) is 58.0 Å². The van der Waals surface area contributed by atoms with E-state index in [0.717, 1.165) is 21.3 Å². The molecular formula is C19H13ClFN3OS. The molecule has 2 aromatic carbocycles. The van der Waals surface area contributed by atoms with E-state index in [1.54, 1.807) is 6.07 Å². The zero-order valence-corrected chi connectivity index (χ0v) is 15.0. The van der Waals surface area contributed by atoms with E-state index >= 15 is 0 Å². The molecule has 0 atom stereocenters. The van der Waals surface area contributed by atoms with Gasteiger partial charge in [-0.2, -0.15) is 0 Å². The van der Waals surface area contributed by atoms with Crippen molar-refractivity contribution in [1.82, 2.24) is 9.97 Å². The van der Waals surface area contributed by atoms with Crippen molar-refractivity contribution in [2.45, 2.75) is 6.54 Å². The Morgan fingerprint density at radius 1 is 1.12 bits per heavy atom. The van der Waals surface area contributed by atoms with Crippen LogP contribution in [-0.4, -0.2) is 15.1 Å². The highest BCUT2D eigenvalue weighted by Crippen LogP contribution is 2.37. The maximum atomic E-state index is 13.5. The molecule has 7 heteroatoms. The molecule has 0 radical (unpaired) electrons. The van der Waals surface area contributed by atoms with Crippen LogP contribution in [-0.2, 0) is 6.54 Å². The number of phenols is 1. The van der Waals surface area contributed by atoms with E-state index in [1.807, 2.05) is 35.7 Å². The Balaban J connectivity index is 1.74. The molecular weight excluding hydrogens is 373 g/mol. The Hall–Kier alpha value is -2.70. The predicted molar refractivity (Wildman–Crippen MR) is 103 cm³/mol. The number of aromatic nitrogens is 2. The molecule has 4 rings (SSSR count). The van der Waals surface area contributed by atoms with Crippen molar-refractivity contribution in [3.8, 4) is 16.9 Å². The van der Waals surface area contributed by atoms with Crippen molar-refractivity contribution in [2.24, 2.45) is 0 Å². The molecule has 0 aliphatic heterocycles. The summed E-state index contributed by atoms with van der Waals surface area (Å²) in [5.41, 5.74) is 2.75. The highest BCUT2D eigenvalue weighted by Gasteiger charge is 2.15. The van der Waals surface area contributed by atoms with Crippen molar-refractivity contribution in [3.05, 3.63) is 70.6 Å². The molecule has 0 fully saturated rings. The number of rotatable bonds is 4. The normalized spacial score (nSPS) is 11.0. The number of fused-ring (bicyclic) bond motifs is 1. The third-order valence-corrected chi connectivity index (χ3v) is 5.00. The second-order valence-electron chi connectivity index (χ2n) is 5.68. The van der Waals surface area contributed by atoms with Gasteiger partial charge in [-0.1, -0.05) is 36.4 Å². The largest absolute Gasteiger partial charge is 0.505 e. The number of benzene rings is 2. The van der Waals surface area contributed by atoms with Crippen LogP contribution in [0.2, 0.25) is 5.28 Å². The van der Waals surface area contributed by atoms with Crippen LogP contribution in [0, 0.1) is 5.82 Å². The summed E-state index contributed by atoms with van der Waals surface area (Å²) in [4.78, 5) is 9.41. The number of thiophene rings is 1. The zero-order chi connectivity index (χ0) is 18.1. The molecule has 2 heterocycles. The summed E-state index contributed by atoms with van der Waals surface area (Å²) in [7, 11) is 0. The van der Waals surface area contributed by atoms with Gasteiger partial charge in [0.15, 0.2) is 11.6 Å². The van der Waals surface area contributed by atoms with Gasteiger partial charge >= 0.3 is 0 Å². The lowest BCUT2D eigenvalue weighted by atomic mass is 10.1. The van der Waals surface area contributed by atoms with Gasteiger partial charge in [-0.3, -0.25) is 0 Å². The van der Waals surface area contributed by atoms with Gasteiger partial charge in [-0.15, -0.1) is 11.3 Å². The van der Waals surface area contributed by atoms with Crippen LogP contribution >= 0.6 is 22.9 Å². The number of nitrogens with one attached hydrogen (secondary N) is 1. The molecule has 0 spiro atoms. The Morgan fingerprint density at radius 2 is 1.92 bits per heavy atom. The molecule has 0 unspecified atom stereocenters. The molecule has 130 valence electrons. The predicted octanol–water partition coefficient (Wildman–Crippen LogP) is 5.47. The van der Waals surface area contributed by atoms with Gasteiger partial charge in [0.25, 0.3) is 0 Å². The van der Waals surface area contributed by atoms with E-state index in [4.69, 9.17) is 11.6 Å². The Bertz CT molecular complexity index is 1090. The SMILES string of the molecule is Oc1ccc(CNc2nc(Cl)nc3scc(-c4ccccc4)c23)cc1F. The minimum Gasteiger partial charge on any atom is -0.505 e. The molecule has 0 bridgehead atoms. The highest BCUT2D eigenvalue weighted by molar-refractivity contribution is 7.17. The minimum absolute atomic E-state index is 0.151. The molecule has 2 aromatic heterocycles. The van der Waals surface area contributed by atoms with Gasteiger partial charge in [0, 0.05) is 17.5 Å². The number of hydrogen-bond donors (Lipinski definition) is 2. The summed E-state index contributed by atoms with van der Waals surface area (Å²) >= 11 is 7.55. The van der Waals surface area contributed by atoms with Crippen LogP contribution < -0.4 is 5.32 Å². The van der Waals surface area contributed by atoms with Gasteiger partial charge in [0.05, 0.1) is 5.39 Å². The maximum Gasteiger partial charge on any atom is 0.225 e. The number of nitrogens with zero attached hydrogens (tertiary/aromatic N) is 2. The molecule has 4 nitrogen and oxygen atoms in total. The summed E-state index contributed by atoms with van der Waals surface area (Å²) in [5, 5.41) is 15.6. The number of anilines is 1. The van der Waals surface area contributed by atoms with Crippen molar-refractivity contribution in [2.75, 3.05) is 5.32 Å². The summed E-state index contributed by atoms with van der Waals surface area (Å²) in [6, 6.07) is 14.2. The second kappa shape index (κ2) is 6.90. The quantitative estimate of drug-likeness (QED) is 0.457. The third kappa shape index (κ3) is 3.21. The number of halogens is 2. The van der Waals surface area contributed by atoms with E-state index in [1.165, 1.54) is 23.5 Å². The number of phenolic OH excluding ortho intramolecular Hbond substituents is 1. The van der Waals surface area contributed by atoms with Gasteiger partial charge < -0.3 is 10.4 Å². The van der Waals surface area contributed by atoms with Gasteiger partial charge in [-0.25, -0.2) is 14.4 Å². The standard InChI is InChI=1S/C19H13ClFN3OS/c20-19-23-17(22-9-11-6-7-15(25)14(21)8-11)16-13(10-26-18(16)24-19)12-4-2-1-3-5-12/h1-8,10,25H,9H2,(H,22,23,24). The lowest BCUT2D eigenvalue weighted by molar-refractivity contribution is 0.432. The molecule has 0 saturated carbocycles. The molecule has 0 aliphatic carbocycles. The first kappa shape index (κ1) is 16.8. The lowest BCUT2D eigenvalue weighted by Crippen LogP contribution is -2.03. The van der Waals surface area contributed by atoms with Crippen molar-refractivity contribution < 1.29 is 9.50 Å². The third-order valence-electron chi connectivity index (χ3n) is 3.96. The first-order valence-corrected chi connectivity index (χ1v) is 9.09. The minimum atomic E-state index is -0.657. The molecule has 2 N–H and O–H groups in total. The van der Waals surface area contributed by atoms with E-state index in [9.17, 15) is 9.50 Å². The van der Waals surface area contributed by atoms with Crippen LogP contribution in [0.15, 0.2) is 53.9 Å². The number of aromatic hydroxyl groups is 1. The van der Waals surface area contributed by atoms with Crippen LogP contribution in [0.25, 0.3) is 21.3 Å². The first-order valence-electron chi connectivity index (χ1n) is 7.83. The summed E-state index contributed by atoms with van der Waals surface area (Å²) in [5.74, 6) is -0.435. The van der Waals surface area contributed by atoms with Crippen LogP contribution in [0.1, 0.15) is 5.56 Å². The summed E-state index contributed by atoms with van der Waals surface area (Å²) in [6.45, 7) is 0.337. The van der Waals surface area contributed by atoms with Crippen molar-refractivity contribution in [3.63, 3.8) is 0 Å². The summed E-state index contributed by atoms with van der Waals surface area (Å²) in [6.07, 6.45) is 0. The highest BCUT2D eigenvalue weighted by atomic mass is 35.5. The van der Waals surface area contributed by atoms with Gasteiger partial charge in [0.1, 0.15) is 10.6 Å². The molecule has 0 amide bonds. The fourth-order valence-corrected chi connectivity index (χ4v) is 3.89. The van der Waals surface area contributed by atoms with Crippen LogP contribution in [0.4, 0.5) is 10.2 Å². The Labute approximate surface area is 157 Å². The fraction of sp³-hybridized carbons (Fsp3) is 0.0526. The van der Waals surface area contributed by atoms with Gasteiger partial charge in [0.2, 0.25) is 5.28 Å². The summed E-state index contributed by atoms with van der Waals surface area (Å²) < 4.78 is 13.5. The molecule has 26 heavy (non-hydrogen) atoms. The van der Waals surface area contributed by atoms with E-state index < -0.39 is 5.82 Å². The Morgan fingerprint density at radius 3 is 2.69 bits per heavy atom. The molecule has 0 aliphatic rings. The zero-order valence-electron chi connectivity index (χ0n) is 13.4. The van der Waals surface area contributed by atoms with E-state index in [2.05, 4.69) is 15.3 Å². The lowest BCUT2D eigenvalue weighted by Gasteiger charge is -2.10. The van der Waals surface area contributed by atoms with Gasteiger partial charge in [-0.05, 0) is 34.9 Å². The second-order valence-corrected chi connectivity index (χ2v) is 6.87. The van der Waals surface area contributed by atoms with Crippen molar-refractivity contribution >= 4 is 39.0 Å². The molecule has 4 aromatic rings. The average Bonchev–Trinajstić information content (AvgIpc) is 3.07. The average molecular weight is 386 g/mol. The van der Waals surface area contributed by atoms with E-state index in [0.29, 0.717) is 17.9 Å². The maximum absolute atomic E-state index is 13.5.